The highest BCUT2D eigenvalue weighted by atomic mass is 32.1. The molecule has 0 saturated carbocycles. The van der Waals surface area contributed by atoms with E-state index in [1.807, 2.05) is 38.2 Å². The fraction of sp³-hybridized carbons (Fsp3) is 0.500. The average Bonchev–Trinajstić information content (AvgIpc) is 3.04. The van der Waals surface area contributed by atoms with Crippen LogP contribution in [-0.2, 0) is 9.59 Å². The molecule has 0 bridgehead atoms. The van der Waals surface area contributed by atoms with Crippen LogP contribution in [-0.4, -0.2) is 48.4 Å². The van der Waals surface area contributed by atoms with E-state index in [4.69, 9.17) is 5.73 Å². The van der Waals surface area contributed by atoms with Crippen molar-refractivity contribution in [1.82, 2.24) is 9.88 Å². The molecule has 134 valence electrons. The summed E-state index contributed by atoms with van der Waals surface area (Å²) in [5, 5.41) is 0.945. The standard InChI is InChI=1S/C18H24N4O2S/c1-12(18-20-14-7-3-4-8-15(14)25-18)21(2)16(23)11-22-9-5-6-13(10-22)17(19)24/h3-4,7-8,12-13H,5-6,9-11H2,1-2H3,(H2,19,24)/p+1/t12-,13+/m1/s1. The van der Waals surface area contributed by atoms with Gasteiger partial charge in [0.1, 0.15) is 5.01 Å². The molecular weight excluding hydrogens is 336 g/mol. The number of hydrogen-bond acceptors (Lipinski definition) is 4. The van der Waals surface area contributed by atoms with Crippen molar-refractivity contribution in [2.24, 2.45) is 11.7 Å². The number of rotatable bonds is 5. The Kier molecular flexibility index (Phi) is 5.34. The first kappa shape index (κ1) is 17.8. The molecular formula is C18H25N4O2S+. The second-order valence-electron chi connectivity index (χ2n) is 6.82. The normalized spacial score (nSPS) is 21.8. The van der Waals surface area contributed by atoms with Crippen LogP contribution >= 0.6 is 11.3 Å². The summed E-state index contributed by atoms with van der Waals surface area (Å²) in [4.78, 5) is 31.6. The number of nitrogens with two attached hydrogens (primary N) is 1. The van der Waals surface area contributed by atoms with Gasteiger partial charge in [0.2, 0.25) is 5.91 Å². The summed E-state index contributed by atoms with van der Waals surface area (Å²) in [7, 11) is 1.83. The number of carbonyl (C=O) groups is 2. The molecule has 0 radical (unpaired) electrons. The number of carbonyl (C=O) groups excluding carboxylic acids is 2. The van der Waals surface area contributed by atoms with Gasteiger partial charge in [0.15, 0.2) is 6.54 Å². The number of nitrogens with zero attached hydrogens (tertiary/aromatic N) is 2. The first-order chi connectivity index (χ1) is 12.0. The molecule has 7 heteroatoms. The van der Waals surface area contributed by atoms with E-state index >= 15 is 0 Å². The van der Waals surface area contributed by atoms with Gasteiger partial charge in [-0.2, -0.15) is 0 Å². The molecule has 2 heterocycles. The number of quaternary nitrogens is 1. The lowest BCUT2D eigenvalue weighted by atomic mass is 9.97. The van der Waals surface area contributed by atoms with E-state index in [0.29, 0.717) is 13.1 Å². The van der Waals surface area contributed by atoms with E-state index in [1.54, 1.807) is 16.2 Å². The molecule has 2 amide bonds. The molecule has 2 aromatic rings. The maximum Gasteiger partial charge on any atom is 0.278 e. The van der Waals surface area contributed by atoms with E-state index in [2.05, 4.69) is 4.98 Å². The Labute approximate surface area is 151 Å². The third kappa shape index (κ3) is 3.99. The zero-order chi connectivity index (χ0) is 18.0. The summed E-state index contributed by atoms with van der Waals surface area (Å²) in [5.41, 5.74) is 6.40. The highest BCUT2D eigenvalue weighted by Crippen LogP contribution is 2.28. The van der Waals surface area contributed by atoms with Crippen molar-refractivity contribution in [2.75, 3.05) is 26.7 Å². The van der Waals surface area contributed by atoms with Gasteiger partial charge in [0.25, 0.3) is 5.91 Å². The lowest BCUT2D eigenvalue weighted by Crippen LogP contribution is -3.14. The zero-order valence-corrected chi connectivity index (χ0v) is 15.5. The largest absolute Gasteiger partial charge is 0.369 e. The van der Waals surface area contributed by atoms with Gasteiger partial charge in [-0.3, -0.25) is 9.59 Å². The van der Waals surface area contributed by atoms with E-state index in [9.17, 15) is 9.59 Å². The van der Waals surface area contributed by atoms with Gasteiger partial charge in [-0.25, -0.2) is 4.98 Å². The van der Waals surface area contributed by atoms with Crippen LogP contribution in [0.2, 0.25) is 0 Å². The summed E-state index contributed by atoms with van der Waals surface area (Å²) < 4.78 is 1.14. The second kappa shape index (κ2) is 7.49. The highest BCUT2D eigenvalue weighted by Gasteiger charge is 2.30. The van der Waals surface area contributed by atoms with Crippen LogP contribution < -0.4 is 10.6 Å². The van der Waals surface area contributed by atoms with Gasteiger partial charge in [-0.05, 0) is 31.9 Å². The number of primary amides is 1. The summed E-state index contributed by atoms with van der Waals surface area (Å²) in [6.07, 6.45) is 1.78. The van der Waals surface area contributed by atoms with Gasteiger partial charge in [0.05, 0.1) is 35.3 Å². The Morgan fingerprint density at radius 2 is 2.20 bits per heavy atom. The van der Waals surface area contributed by atoms with E-state index < -0.39 is 0 Å². The number of likely N-dealkylation sites (tertiary alicyclic amines) is 1. The van der Waals surface area contributed by atoms with E-state index in [1.165, 1.54) is 0 Å². The number of fused-ring (bicyclic) bond motifs is 1. The van der Waals surface area contributed by atoms with Gasteiger partial charge in [0, 0.05) is 7.05 Å². The number of nitrogens with one attached hydrogen (secondary N) is 1. The second-order valence-corrected chi connectivity index (χ2v) is 7.89. The maximum atomic E-state index is 12.7. The first-order valence-corrected chi connectivity index (χ1v) is 9.51. The Morgan fingerprint density at radius 1 is 1.44 bits per heavy atom. The highest BCUT2D eigenvalue weighted by molar-refractivity contribution is 7.18. The monoisotopic (exact) mass is 361 g/mol. The minimum atomic E-state index is -0.249. The zero-order valence-electron chi connectivity index (χ0n) is 14.7. The number of para-hydroxylation sites is 1. The SMILES string of the molecule is C[C@H](c1nc2ccccc2s1)N(C)C(=O)C[NH+]1CCC[C@H](C(N)=O)C1. The minimum Gasteiger partial charge on any atom is -0.369 e. The van der Waals surface area contributed by atoms with Crippen LogP contribution in [0.5, 0.6) is 0 Å². The summed E-state index contributed by atoms with van der Waals surface area (Å²) in [5.74, 6) is -0.281. The number of benzene rings is 1. The van der Waals surface area contributed by atoms with Crippen molar-refractivity contribution in [3.8, 4) is 0 Å². The Hall–Kier alpha value is -1.99. The van der Waals surface area contributed by atoms with Crippen molar-refractivity contribution >= 4 is 33.4 Å². The van der Waals surface area contributed by atoms with Crippen molar-refractivity contribution in [1.29, 1.82) is 0 Å². The lowest BCUT2D eigenvalue weighted by molar-refractivity contribution is -0.899. The summed E-state index contributed by atoms with van der Waals surface area (Å²) >= 11 is 1.63. The first-order valence-electron chi connectivity index (χ1n) is 8.69. The number of thiazole rings is 1. The van der Waals surface area contributed by atoms with Crippen LogP contribution in [0.3, 0.4) is 0 Å². The molecule has 3 N–H and O–H groups in total. The smallest absolute Gasteiger partial charge is 0.278 e. The summed E-state index contributed by atoms with van der Waals surface area (Å²) in [6.45, 7) is 3.98. The molecule has 1 aromatic carbocycles. The molecule has 3 atom stereocenters. The molecule has 6 nitrogen and oxygen atoms in total. The van der Waals surface area contributed by atoms with Gasteiger partial charge in [-0.1, -0.05) is 12.1 Å². The lowest BCUT2D eigenvalue weighted by Gasteiger charge is -2.30. The minimum absolute atomic E-state index is 0.0685. The fourth-order valence-electron chi connectivity index (χ4n) is 3.34. The van der Waals surface area contributed by atoms with Gasteiger partial charge >= 0.3 is 0 Å². The average molecular weight is 361 g/mol. The predicted molar refractivity (Wildman–Crippen MR) is 98.3 cm³/mol. The number of amides is 2. The Morgan fingerprint density at radius 3 is 2.92 bits per heavy atom. The number of hydrogen-bond donors (Lipinski definition) is 2. The van der Waals surface area contributed by atoms with Crippen molar-refractivity contribution in [3.05, 3.63) is 29.3 Å². The number of aromatic nitrogens is 1. The molecule has 0 aliphatic carbocycles. The van der Waals surface area contributed by atoms with Crippen LogP contribution in [0.4, 0.5) is 0 Å². The quantitative estimate of drug-likeness (QED) is 0.818. The van der Waals surface area contributed by atoms with Crippen LogP contribution in [0.1, 0.15) is 30.8 Å². The number of likely N-dealkylation sites (N-methyl/N-ethyl adjacent to an activating group) is 1. The van der Waals surface area contributed by atoms with E-state index in [0.717, 1.165) is 39.5 Å². The number of piperidine rings is 1. The van der Waals surface area contributed by atoms with Crippen LogP contribution in [0, 0.1) is 5.92 Å². The molecule has 1 unspecified atom stereocenters. The molecule has 25 heavy (non-hydrogen) atoms. The van der Waals surface area contributed by atoms with Crippen molar-refractivity contribution in [2.45, 2.75) is 25.8 Å². The van der Waals surface area contributed by atoms with Crippen molar-refractivity contribution < 1.29 is 14.5 Å². The summed E-state index contributed by atoms with van der Waals surface area (Å²) in [6, 6.07) is 7.94. The maximum absolute atomic E-state index is 12.7. The Bertz CT molecular complexity index is 742. The van der Waals surface area contributed by atoms with Crippen molar-refractivity contribution in [3.63, 3.8) is 0 Å². The van der Waals surface area contributed by atoms with E-state index in [-0.39, 0.29) is 23.8 Å². The topological polar surface area (TPSA) is 80.7 Å². The molecule has 3 rings (SSSR count). The molecule has 0 spiro atoms. The molecule has 1 aromatic heterocycles. The predicted octanol–water partition coefficient (Wildman–Crippen LogP) is 0.596. The van der Waals surface area contributed by atoms with Crippen LogP contribution in [0.15, 0.2) is 24.3 Å². The van der Waals surface area contributed by atoms with Crippen LogP contribution in [0.25, 0.3) is 10.2 Å². The molecule has 1 aliphatic rings. The third-order valence-corrected chi connectivity index (χ3v) is 6.27. The molecule has 1 aliphatic heterocycles. The van der Waals surface area contributed by atoms with Gasteiger partial charge in [-0.15, -0.1) is 11.3 Å². The Balaban J connectivity index is 1.64. The van der Waals surface area contributed by atoms with Gasteiger partial charge < -0.3 is 15.5 Å². The third-order valence-electron chi connectivity index (χ3n) is 5.06. The molecule has 1 fully saturated rings. The molecule has 1 saturated heterocycles. The fourth-order valence-corrected chi connectivity index (χ4v) is 4.41.